The van der Waals surface area contributed by atoms with Gasteiger partial charge in [0.25, 0.3) is 5.91 Å². The van der Waals surface area contributed by atoms with Crippen molar-refractivity contribution in [2.75, 3.05) is 11.9 Å². The lowest BCUT2D eigenvalue weighted by Crippen LogP contribution is -2.44. The monoisotopic (exact) mass is 590 g/mol. The molecule has 0 aliphatic carbocycles. The van der Waals surface area contributed by atoms with Crippen LogP contribution in [-0.4, -0.2) is 46.1 Å². The number of hydrogen-bond acceptors (Lipinski definition) is 7. The Bertz CT molecular complexity index is 1730. The Morgan fingerprint density at radius 3 is 2.30 bits per heavy atom. The van der Waals surface area contributed by atoms with Crippen molar-refractivity contribution in [3.63, 3.8) is 0 Å². The number of nitrogens with one attached hydrogen (secondary N) is 4. The van der Waals surface area contributed by atoms with E-state index < -0.39 is 17.6 Å². The summed E-state index contributed by atoms with van der Waals surface area (Å²) in [6, 6.07) is 18.2. The lowest BCUT2D eigenvalue weighted by molar-refractivity contribution is -0.118. The molecule has 2 aromatic heterocycles. The van der Waals surface area contributed by atoms with E-state index in [4.69, 9.17) is 9.72 Å². The maximum atomic E-state index is 13.1. The van der Waals surface area contributed by atoms with Crippen molar-refractivity contribution in [2.24, 2.45) is 0 Å². The van der Waals surface area contributed by atoms with Crippen LogP contribution in [0.5, 0.6) is 0 Å². The average Bonchev–Trinajstić information content (AvgIpc) is 3.02. The van der Waals surface area contributed by atoms with Gasteiger partial charge in [-0.2, -0.15) is 0 Å². The summed E-state index contributed by atoms with van der Waals surface area (Å²) in [6.07, 6.45) is 5.41. The first-order valence-electron chi connectivity index (χ1n) is 14.5. The maximum Gasteiger partial charge on any atom is 0.426 e. The Labute approximate surface area is 256 Å². The van der Waals surface area contributed by atoms with Crippen LogP contribution in [0.4, 0.5) is 10.5 Å². The highest BCUT2D eigenvalue weighted by Crippen LogP contribution is 2.25. The minimum absolute atomic E-state index is 0.00795. The van der Waals surface area contributed by atoms with Gasteiger partial charge in [0.05, 0.1) is 22.8 Å². The number of carbonyl (C=O) groups excluding carboxylic acids is 3. The zero-order valence-electron chi connectivity index (χ0n) is 24.9. The van der Waals surface area contributed by atoms with Gasteiger partial charge in [0.1, 0.15) is 5.60 Å². The van der Waals surface area contributed by atoms with Crippen molar-refractivity contribution in [3.8, 4) is 23.1 Å². The summed E-state index contributed by atoms with van der Waals surface area (Å²) >= 11 is 0. The van der Waals surface area contributed by atoms with Crippen LogP contribution in [0, 0.1) is 11.8 Å². The van der Waals surface area contributed by atoms with E-state index in [1.54, 1.807) is 45.3 Å². The third-order valence-electron chi connectivity index (χ3n) is 6.84. The molecule has 0 radical (unpaired) electrons. The molecule has 1 aliphatic heterocycles. The normalized spacial score (nSPS) is 14.6. The second kappa shape index (κ2) is 13.4. The highest BCUT2D eigenvalue weighted by molar-refractivity contribution is 6.07. The molecule has 1 atom stereocenters. The summed E-state index contributed by atoms with van der Waals surface area (Å²) < 4.78 is 5.19. The summed E-state index contributed by atoms with van der Waals surface area (Å²) in [5.41, 5.74) is 8.59. The average molecular weight is 591 g/mol. The van der Waals surface area contributed by atoms with E-state index in [1.165, 1.54) is 0 Å². The molecule has 5 rings (SSSR count). The van der Waals surface area contributed by atoms with E-state index in [2.05, 4.69) is 38.3 Å². The van der Waals surface area contributed by atoms with Crippen LogP contribution in [0.25, 0.3) is 22.2 Å². The summed E-state index contributed by atoms with van der Waals surface area (Å²) in [4.78, 5) is 46.4. The van der Waals surface area contributed by atoms with Crippen LogP contribution in [0.15, 0.2) is 73.1 Å². The molecule has 3 amide bonds. The van der Waals surface area contributed by atoms with E-state index in [0.717, 1.165) is 48.2 Å². The second-order valence-electron chi connectivity index (χ2n) is 11.4. The molecule has 2 aromatic carbocycles. The summed E-state index contributed by atoms with van der Waals surface area (Å²) in [7, 11) is 0. The van der Waals surface area contributed by atoms with Gasteiger partial charge in [0.2, 0.25) is 5.91 Å². The molecular weight excluding hydrogens is 556 g/mol. The van der Waals surface area contributed by atoms with Gasteiger partial charge in [0, 0.05) is 40.2 Å². The molecule has 4 N–H and O–H groups in total. The fourth-order valence-electron chi connectivity index (χ4n) is 4.69. The Morgan fingerprint density at radius 2 is 1.64 bits per heavy atom. The molecule has 224 valence electrons. The predicted molar refractivity (Wildman–Crippen MR) is 169 cm³/mol. The summed E-state index contributed by atoms with van der Waals surface area (Å²) in [5.74, 6) is 5.78. The number of ether oxygens (including phenoxy) is 1. The van der Waals surface area contributed by atoms with Gasteiger partial charge >= 0.3 is 6.09 Å². The molecule has 0 spiro atoms. The zero-order valence-corrected chi connectivity index (χ0v) is 24.9. The van der Waals surface area contributed by atoms with Crippen molar-refractivity contribution < 1.29 is 19.1 Å². The largest absolute Gasteiger partial charge is 0.443 e. The molecule has 3 heterocycles. The van der Waals surface area contributed by atoms with Gasteiger partial charge in [-0.25, -0.2) is 15.2 Å². The number of anilines is 1. The van der Waals surface area contributed by atoms with Crippen LogP contribution in [-0.2, 0) is 9.53 Å². The molecule has 1 unspecified atom stereocenters. The van der Waals surface area contributed by atoms with Crippen LogP contribution < -0.4 is 21.5 Å². The van der Waals surface area contributed by atoms with E-state index in [9.17, 15) is 14.4 Å². The fraction of sp³-hybridized carbons (Fsp3) is 0.265. The first kappa shape index (κ1) is 30.2. The fourth-order valence-corrected chi connectivity index (χ4v) is 4.69. The minimum Gasteiger partial charge on any atom is -0.443 e. The lowest BCUT2D eigenvalue weighted by Gasteiger charge is -2.22. The molecule has 1 aliphatic rings. The Balaban J connectivity index is 1.27. The molecule has 10 nitrogen and oxygen atoms in total. The number of piperidine rings is 1. The lowest BCUT2D eigenvalue weighted by atomic mass is 10.0. The topological polar surface area (TPSA) is 134 Å². The van der Waals surface area contributed by atoms with Gasteiger partial charge in [-0.3, -0.25) is 20.0 Å². The number of carbonyl (C=O) groups is 3. The van der Waals surface area contributed by atoms with Crippen molar-refractivity contribution in [1.29, 1.82) is 0 Å². The van der Waals surface area contributed by atoms with Crippen LogP contribution >= 0.6 is 0 Å². The third kappa shape index (κ3) is 7.96. The van der Waals surface area contributed by atoms with E-state index in [-0.39, 0.29) is 11.9 Å². The number of amides is 3. The Morgan fingerprint density at radius 1 is 0.932 bits per heavy atom. The Hall–Kier alpha value is -5.27. The molecule has 44 heavy (non-hydrogen) atoms. The Kier molecular flexibility index (Phi) is 9.17. The number of aromatic nitrogens is 2. The maximum absolute atomic E-state index is 13.1. The van der Waals surface area contributed by atoms with Crippen molar-refractivity contribution in [3.05, 3.63) is 89.7 Å². The number of benzene rings is 2. The molecular formula is C34H34N6O4. The number of hydrogen-bond donors (Lipinski definition) is 4. The number of nitrogens with zero attached hydrogens (tertiary/aromatic N) is 2. The highest BCUT2D eigenvalue weighted by Gasteiger charge is 2.21. The molecule has 1 saturated heterocycles. The molecule has 0 saturated carbocycles. The van der Waals surface area contributed by atoms with Crippen LogP contribution in [0.3, 0.4) is 0 Å². The summed E-state index contributed by atoms with van der Waals surface area (Å²) in [5, 5.41) is 6.77. The smallest absolute Gasteiger partial charge is 0.426 e. The van der Waals surface area contributed by atoms with Gasteiger partial charge < -0.3 is 15.4 Å². The number of fused-ring (bicyclic) bond motifs is 1. The molecule has 1 fully saturated rings. The summed E-state index contributed by atoms with van der Waals surface area (Å²) in [6.45, 7) is 6.07. The van der Waals surface area contributed by atoms with Crippen molar-refractivity contribution in [2.45, 2.75) is 51.7 Å². The highest BCUT2D eigenvalue weighted by atomic mass is 16.6. The second-order valence-corrected chi connectivity index (χ2v) is 11.4. The predicted octanol–water partition coefficient (Wildman–Crippen LogP) is 4.95. The van der Waals surface area contributed by atoms with Gasteiger partial charge in [-0.1, -0.05) is 30.4 Å². The van der Waals surface area contributed by atoms with Gasteiger partial charge in [0.15, 0.2) is 0 Å². The quantitative estimate of drug-likeness (QED) is 0.195. The number of hydrazine groups is 1. The standard InChI is InChI=1S/C34H34N6O4/c1-34(2,3)44-33(43)40-39-31(41)26-20-30(38-28-17-19-35-21-27(26)28)24-13-9-22(10-14-24)7-8-23-11-15-25(16-12-23)37-32(42)29-6-4-5-18-36-29/h9-17,19-21,29,36H,4-6,18H2,1-3H3,(H,37,42)(H,39,41)(H,40,43). The van der Waals surface area contributed by atoms with Gasteiger partial charge in [-0.15, -0.1) is 0 Å². The molecule has 10 heteroatoms. The van der Waals surface area contributed by atoms with Crippen LogP contribution in [0.2, 0.25) is 0 Å². The van der Waals surface area contributed by atoms with Crippen LogP contribution in [0.1, 0.15) is 61.5 Å². The molecule has 4 aromatic rings. The van der Waals surface area contributed by atoms with E-state index >= 15 is 0 Å². The zero-order chi connectivity index (χ0) is 31.1. The third-order valence-corrected chi connectivity index (χ3v) is 6.84. The first-order chi connectivity index (χ1) is 21.1. The van der Waals surface area contributed by atoms with E-state index in [1.807, 2.05) is 48.5 Å². The SMILES string of the molecule is CC(C)(C)OC(=O)NNC(=O)c1cc(-c2ccc(C#Cc3ccc(NC(=O)C4CCCCN4)cc3)cc2)nc2ccncc12. The van der Waals surface area contributed by atoms with Crippen molar-refractivity contribution in [1.82, 2.24) is 26.1 Å². The first-order valence-corrected chi connectivity index (χ1v) is 14.5. The van der Waals surface area contributed by atoms with Gasteiger partial charge in [-0.05, 0) is 88.7 Å². The van der Waals surface area contributed by atoms with E-state index in [0.29, 0.717) is 22.2 Å². The number of rotatable bonds is 4. The van der Waals surface area contributed by atoms with Crippen molar-refractivity contribution >= 4 is 34.5 Å². The minimum atomic E-state index is -0.769. The number of pyridine rings is 2. The molecule has 0 bridgehead atoms.